The van der Waals surface area contributed by atoms with E-state index in [4.69, 9.17) is 0 Å². The Balaban J connectivity index is 1.92. The second-order valence-electron chi connectivity index (χ2n) is 8.82. The number of hydrogen-bond donors (Lipinski definition) is 2. The van der Waals surface area contributed by atoms with Gasteiger partial charge in [-0.1, -0.05) is 60.7 Å². The maximum atomic E-state index is 10.4. The molecule has 2 N–H and O–H groups in total. The third kappa shape index (κ3) is 2.43. The Bertz CT molecular complexity index is 1220. The van der Waals surface area contributed by atoms with Crippen LogP contribution in [0, 0.1) is 27.7 Å². The highest BCUT2D eigenvalue weighted by molar-refractivity contribution is 5.94. The Morgan fingerprint density at radius 2 is 1.13 bits per heavy atom. The monoisotopic (exact) mass is 394 g/mol. The first-order valence-electron chi connectivity index (χ1n) is 10.5. The van der Waals surface area contributed by atoms with Crippen LogP contribution in [0.5, 0.6) is 11.5 Å². The van der Waals surface area contributed by atoms with Crippen LogP contribution in [-0.4, -0.2) is 10.2 Å². The van der Waals surface area contributed by atoms with E-state index in [0.717, 1.165) is 28.7 Å². The van der Waals surface area contributed by atoms with Crippen molar-refractivity contribution in [2.45, 2.75) is 39.5 Å². The lowest BCUT2D eigenvalue weighted by Gasteiger charge is -2.34. The van der Waals surface area contributed by atoms with Crippen LogP contribution in [0.3, 0.4) is 0 Å². The van der Waals surface area contributed by atoms with Gasteiger partial charge in [-0.3, -0.25) is 0 Å². The van der Waals surface area contributed by atoms with Crippen LogP contribution < -0.4 is 0 Å². The molecule has 0 amide bonds. The second-order valence-corrected chi connectivity index (χ2v) is 8.82. The van der Waals surface area contributed by atoms with Crippen molar-refractivity contribution in [3.63, 3.8) is 0 Å². The van der Waals surface area contributed by atoms with E-state index in [-0.39, 0.29) is 5.41 Å². The molecular formula is C28H26O2. The molecule has 0 saturated heterocycles. The van der Waals surface area contributed by atoms with Crippen molar-refractivity contribution in [1.82, 2.24) is 0 Å². The summed E-state index contributed by atoms with van der Waals surface area (Å²) in [4.78, 5) is 0. The van der Waals surface area contributed by atoms with Gasteiger partial charge in [0.05, 0.1) is 0 Å². The second kappa shape index (κ2) is 6.37. The molecule has 0 saturated carbocycles. The van der Waals surface area contributed by atoms with Gasteiger partial charge < -0.3 is 10.2 Å². The number of rotatable bonds is 2. The third-order valence-corrected chi connectivity index (χ3v) is 6.87. The van der Waals surface area contributed by atoms with Crippen LogP contribution in [0.2, 0.25) is 0 Å². The van der Waals surface area contributed by atoms with Crippen LogP contribution in [0.25, 0.3) is 10.8 Å². The number of phenolic OH excluding ortho intramolecular Hbond substituents is 2. The van der Waals surface area contributed by atoms with Crippen molar-refractivity contribution in [2.75, 3.05) is 0 Å². The lowest BCUT2D eigenvalue weighted by atomic mass is 9.68. The molecule has 4 aromatic rings. The molecule has 0 radical (unpaired) electrons. The Hall–Kier alpha value is -3.26. The number of aryl methyl sites for hydroxylation is 4. The lowest BCUT2D eigenvalue weighted by molar-refractivity contribution is 0.465. The van der Waals surface area contributed by atoms with Crippen LogP contribution in [0.15, 0.2) is 60.7 Å². The van der Waals surface area contributed by atoms with Gasteiger partial charge in [0.2, 0.25) is 0 Å². The molecule has 2 nitrogen and oxygen atoms in total. The fraction of sp³-hybridized carbons (Fsp3) is 0.214. The average Bonchev–Trinajstić information content (AvgIpc) is 3.07. The molecular weight excluding hydrogens is 368 g/mol. The van der Waals surface area contributed by atoms with E-state index in [0.29, 0.717) is 11.5 Å². The maximum absolute atomic E-state index is 10.4. The van der Waals surface area contributed by atoms with E-state index >= 15 is 0 Å². The van der Waals surface area contributed by atoms with Gasteiger partial charge in [0.25, 0.3) is 0 Å². The molecule has 0 aliphatic heterocycles. The lowest BCUT2D eigenvalue weighted by Crippen LogP contribution is -2.29. The highest BCUT2D eigenvalue weighted by atomic mass is 16.3. The highest BCUT2D eigenvalue weighted by Gasteiger charge is 2.43. The van der Waals surface area contributed by atoms with E-state index in [9.17, 15) is 10.2 Å². The Labute approximate surface area is 177 Å². The zero-order valence-corrected chi connectivity index (χ0v) is 17.9. The third-order valence-electron chi connectivity index (χ3n) is 6.87. The van der Waals surface area contributed by atoms with Crippen molar-refractivity contribution in [3.05, 3.63) is 105 Å². The molecule has 0 unspecified atom stereocenters. The van der Waals surface area contributed by atoms with Gasteiger partial charge in [-0.25, -0.2) is 0 Å². The fourth-order valence-electron chi connectivity index (χ4n) is 5.39. The molecule has 1 aliphatic carbocycles. The molecule has 4 aromatic carbocycles. The van der Waals surface area contributed by atoms with Crippen molar-refractivity contribution in [1.29, 1.82) is 0 Å². The maximum Gasteiger partial charge on any atom is 0.121 e. The molecule has 30 heavy (non-hydrogen) atoms. The predicted octanol–water partition coefficient (Wildman–Crippen LogP) is 6.38. The van der Waals surface area contributed by atoms with Crippen molar-refractivity contribution in [2.24, 2.45) is 0 Å². The number of aromatic hydroxyl groups is 2. The minimum atomic E-state index is -0.365. The van der Waals surface area contributed by atoms with Crippen LogP contribution in [-0.2, 0) is 11.8 Å². The van der Waals surface area contributed by atoms with E-state index in [1.807, 2.05) is 27.7 Å². The Morgan fingerprint density at radius 1 is 0.667 bits per heavy atom. The zero-order chi connectivity index (χ0) is 21.2. The van der Waals surface area contributed by atoms with Crippen molar-refractivity contribution < 1.29 is 10.2 Å². The number of phenols is 2. The van der Waals surface area contributed by atoms with Crippen molar-refractivity contribution in [3.8, 4) is 11.5 Å². The van der Waals surface area contributed by atoms with E-state index < -0.39 is 0 Å². The summed E-state index contributed by atoms with van der Waals surface area (Å²) >= 11 is 0. The molecule has 0 aromatic heterocycles. The minimum Gasteiger partial charge on any atom is -0.507 e. The highest BCUT2D eigenvalue weighted by Crippen LogP contribution is 2.52. The van der Waals surface area contributed by atoms with Crippen LogP contribution >= 0.6 is 0 Å². The van der Waals surface area contributed by atoms with Gasteiger partial charge in [0, 0.05) is 5.41 Å². The van der Waals surface area contributed by atoms with Crippen LogP contribution in [0.1, 0.15) is 44.5 Å². The van der Waals surface area contributed by atoms with E-state index in [1.54, 1.807) is 0 Å². The summed E-state index contributed by atoms with van der Waals surface area (Å²) in [7, 11) is 0. The minimum absolute atomic E-state index is 0.362. The molecule has 0 heterocycles. The first kappa shape index (κ1) is 18.7. The standard InChI is InChI=1S/C28H26O2/c1-16-11-22(12-17(2)26(16)29)28(23-13-18(3)27(30)19(4)14-23)15-21-9-5-7-20-8-6-10-24(28)25(20)21/h5-14,29-30H,15H2,1-4H3. The average molecular weight is 395 g/mol. The van der Waals surface area contributed by atoms with Gasteiger partial charge in [0.15, 0.2) is 0 Å². The van der Waals surface area contributed by atoms with Gasteiger partial charge in [0.1, 0.15) is 11.5 Å². The summed E-state index contributed by atoms with van der Waals surface area (Å²) in [6.45, 7) is 7.87. The van der Waals surface area contributed by atoms with E-state index in [2.05, 4.69) is 60.7 Å². The van der Waals surface area contributed by atoms with Crippen LogP contribution in [0.4, 0.5) is 0 Å². The quantitative estimate of drug-likeness (QED) is 0.414. The summed E-state index contributed by atoms with van der Waals surface area (Å²) in [6, 6.07) is 21.6. The SMILES string of the molecule is Cc1cc(C2(c3cc(C)c(O)c(C)c3)Cc3cccc4cccc2c34)cc(C)c1O. The fourth-order valence-corrected chi connectivity index (χ4v) is 5.39. The molecule has 0 atom stereocenters. The number of hydrogen-bond acceptors (Lipinski definition) is 2. The summed E-state index contributed by atoms with van der Waals surface area (Å²) in [5.74, 6) is 0.723. The smallest absolute Gasteiger partial charge is 0.121 e. The summed E-state index contributed by atoms with van der Waals surface area (Å²) in [6.07, 6.45) is 0.858. The normalized spacial score (nSPS) is 14.4. The van der Waals surface area contributed by atoms with E-state index in [1.165, 1.54) is 33.0 Å². The molecule has 2 heteroatoms. The molecule has 0 fully saturated rings. The van der Waals surface area contributed by atoms with Crippen molar-refractivity contribution >= 4 is 10.8 Å². The predicted molar refractivity (Wildman–Crippen MR) is 123 cm³/mol. The first-order valence-corrected chi connectivity index (χ1v) is 10.5. The molecule has 0 bridgehead atoms. The number of benzene rings is 4. The zero-order valence-electron chi connectivity index (χ0n) is 17.9. The van der Waals surface area contributed by atoms with Gasteiger partial charge in [-0.05, 0) is 89.4 Å². The van der Waals surface area contributed by atoms with Gasteiger partial charge >= 0.3 is 0 Å². The largest absolute Gasteiger partial charge is 0.507 e. The summed E-state index contributed by atoms with van der Waals surface area (Å²) in [5, 5.41) is 23.5. The topological polar surface area (TPSA) is 40.5 Å². The molecule has 5 rings (SSSR count). The first-order chi connectivity index (χ1) is 14.3. The Kier molecular flexibility index (Phi) is 3.98. The Morgan fingerprint density at radius 3 is 1.63 bits per heavy atom. The summed E-state index contributed by atoms with van der Waals surface area (Å²) in [5.41, 5.74) is 8.20. The van der Waals surface area contributed by atoms with Gasteiger partial charge in [-0.2, -0.15) is 0 Å². The van der Waals surface area contributed by atoms with Gasteiger partial charge in [-0.15, -0.1) is 0 Å². The summed E-state index contributed by atoms with van der Waals surface area (Å²) < 4.78 is 0. The molecule has 1 aliphatic rings. The molecule has 0 spiro atoms. The molecule has 150 valence electrons.